The first-order valence-corrected chi connectivity index (χ1v) is 6.36. The van der Waals surface area contributed by atoms with Gasteiger partial charge in [0, 0.05) is 25.1 Å². The Bertz CT molecular complexity index is 443. The van der Waals surface area contributed by atoms with Crippen molar-refractivity contribution in [2.24, 2.45) is 0 Å². The van der Waals surface area contributed by atoms with Crippen LogP contribution in [0.25, 0.3) is 0 Å². The normalized spacial score (nSPS) is 15.8. The van der Waals surface area contributed by atoms with Crippen LogP contribution in [-0.2, 0) is 4.79 Å². The Kier molecular flexibility index (Phi) is 3.75. The highest BCUT2D eigenvalue weighted by molar-refractivity contribution is 5.95. The SMILES string of the molecule is COc1ccc2c(c1)NC(=O)CCCN2C(C)C. The monoisotopic (exact) mass is 248 g/mol. The molecule has 1 aliphatic heterocycles. The number of ether oxygens (including phenoxy) is 1. The first-order valence-electron chi connectivity index (χ1n) is 6.36. The van der Waals surface area contributed by atoms with Gasteiger partial charge >= 0.3 is 0 Å². The van der Waals surface area contributed by atoms with E-state index in [9.17, 15) is 4.79 Å². The molecule has 1 heterocycles. The van der Waals surface area contributed by atoms with Crippen LogP contribution in [0, 0.1) is 0 Å². The molecule has 0 saturated carbocycles. The van der Waals surface area contributed by atoms with Crippen LogP contribution in [0.4, 0.5) is 11.4 Å². The zero-order chi connectivity index (χ0) is 13.1. The summed E-state index contributed by atoms with van der Waals surface area (Å²) in [6, 6.07) is 6.24. The van der Waals surface area contributed by atoms with Crippen molar-refractivity contribution in [2.75, 3.05) is 23.9 Å². The number of carbonyl (C=O) groups is 1. The number of nitrogens with one attached hydrogen (secondary N) is 1. The summed E-state index contributed by atoms with van der Waals surface area (Å²) in [5, 5.41) is 2.96. The van der Waals surface area contributed by atoms with Gasteiger partial charge in [-0.15, -0.1) is 0 Å². The first kappa shape index (κ1) is 12.7. The van der Waals surface area contributed by atoms with Crippen LogP contribution >= 0.6 is 0 Å². The van der Waals surface area contributed by atoms with Gasteiger partial charge in [0.05, 0.1) is 18.5 Å². The van der Waals surface area contributed by atoms with E-state index in [4.69, 9.17) is 4.74 Å². The Hall–Kier alpha value is -1.71. The molecule has 0 aromatic heterocycles. The molecule has 4 nitrogen and oxygen atoms in total. The Morgan fingerprint density at radius 2 is 2.17 bits per heavy atom. The molecule has 1 aromatic carbocycles. The maximum absolute atomic E-state index is 11.7. The average molecular weight is 248 g/mol. The Morgan fingerprint density at radius 3 is 2.83 bits per heavy atom. The summed E-state index contributed by atoms with van der Waals surface area (Å²) in [7, 11) is 1.63. The fourth-order valence-corrected chi connectivity index (χ4v) is 2.27. The Labute approximate surface area is 108 Å². The van der Waals surface area contributed by atoms with Crippen molar-refractivity contribution in [3.05, 3.63) is 18.2 Å². The molecule has 1 N–H and O–H groups in total. The molecule has 1 aromatic rings. The third-order valence-corrected chi connectivity index (χ3v) is 3.21. The van der Waals surface area contributed by atoms with Crippen molar-refractivity contribution in [1.29, 1.82) is 0 Å². The summed E-state index contributed by atoms with van der Waals surface area (Å²) in [5.74, 6) is 0.839. The van der Waals surface area contributed by atoms with Gasteiger partial charge in [0.1, 0.15) is 5.75 Å². The van der Waals surface area contributed by atoms with E-state index in [1.54, 1.807) is 7.11 Å². The molecule has 0 saturated heterocycles. The number of nitrogens with zero attached hydrogens (tertiary/aromatic N) is 1. The Morgan fingerprint density at radius 1 is 1.39 bits per heavy atom. The first-order chi connectivity index (χ1) is 8.61. The van der Waals surface area contributed by atoms with E-state index in [-0.39, 0.29) is 5.91 Å². The van der Waals surface area contributed by atoms with Crippen molar-refractivity contribution in [2.45, 2.75) is 32.7 Å². The van der Waals surface area contributed by atoms with Gasteiger partial charge in [0.25, 0.3) is 0 Å². The van der Waals surface area contributed by atoms with Crippen molar-refractivity contribution < 1.29 is 9.53 Å². The van der Waals surface area contributed by atoms with E-state index in [0.717, 1.165) is 30.1 Å². The number of carbonyl (C=O) groups excluding carboxylic acids is 1. The van der Waals surface area contributed by atoms with Crippen molar-refractivity contribution in [3.8, 4) is 5.75 Å². The van der Waals surface area contributed by atoms with Gasteiger partial charge in [0.2, 0.25) is 5.91 Å². The molecule has 0 bridgehead atoms. The van der Waals surface area contributed by atoms with E-state index >= 15 is 0 Å². The minimum absolute atomic E-state index is 0.0768. The molecule has 0 unspecified atom stereocenters. The van der Waals surface area contributed by atoms with Crippen LogP contribution in [0.2, 0.25) is 0 Å². The molecule has 2 rings (SSSR count). The molecule has 0 radical (unpaired) electrons. The third-order valence-electron chi connectivity index (χ3n) is 3.21. The van der Waals surface area contributed by atoms with Gasteiger partial charge in [0.15, 0.2) is 0 Å². The van der Waals surface area contributed by atoms with Crippen LogP contribution in [0.15, 0.2) is 18.2 Å². The maximum Gasteiger partial charge on any atom is 0.224 e. The highest BCUT2D eigenvalue weighted by Crippen LogP contribution is 2.33. The maximum atomic E-state index is 11.7. The van der Waals surface area contributed by atoms with Crippen molar-refractivity contribution >= 4 is 17.3 Å². The molecule has 0 aliphatic carbocycles. The number of hydrogen-bond donors (Lipinski definition) is 1. The van der Waals surface area contributed by atoms with Gasteiger partial charge < -0.3 is 15.0 Å². The van der Waals surface area contributed by atoms with E-state index in [0.29, 0.717) is 12.5 Å². The van der Waals surface area contributed by atoms with E-state index in [1.165, 1.54) is 0 Å². The smallest absolute Gasteiger partial charge is 0.224 e. The second kappa shape index (κ2) is 5.29. The lowest BCUT2D eigenvalue weighted by Crippen LogP contribution is -2.34. The molecular formula is C14H20N2O2. The Balaban J connectivity index is 2.43. The minimum atomic E-state index is 0.0768. The zero-order valence-corrected chi connectivity index (χ0v) is 11.2. The lowest BCUT2D eigenvalue weighted by atomic mass is 10.1. The molecule has 0 atom stereocenters. The standard InChI is InChI=1S/C14H20N2O2/c1-10(2)16-8-4-5-14(17)15-12-9-11(18-3)6-7-13(12)16/h6-7,9-10H,4-5,8H2,1-3H3,(H,15,17). The molecular weight excluding hydrogens is 228 g/mol. The largest absolute Gasteiger partial charge is 0.497 e. The minimum Gasteiger partial charge on any atom is -0.497 e. The van der Waals surface area contributed by atoms with Gasteiger partial charge in [-0.3, -0.25) is 4.79 Å². The molecule has 1 amide bonds. The summed E-state index contributed by atoms with van der Waals surface area (Å²) in [6.07, 6.45) is 1.45. The van der Waals surface area contributed by atoms with E-state index < -0.39 is 0 Å². The number of methoxy groups -OCH3 is 1. The highest BCUT2D eigenvalue weighted by atomic mass is 16.5. The van der Waals surface area contributed by atoms with Gasteiger partial charge in [-0.1, -0.05) is 0 Å². The third kappa shape index (κ3) is 2.58. The number of rotatable bonds is 2. The van der Waals surface area contributed by atoms with Crippen LogP contribution in [0.3, 0.4) is 0 Å². The molecule has 0 spiro atoms. The number of anilines is 2. The quantitative estimate of drug-likeness (QED) is 0.874. The topological polar surface area (TPSA) is 41.6 Å². The summed E-state index contributed by atoms with van der Waals surface area (Å²) in [6.45, 7) is 5.24. The predicted molar refractivity (Wildman–Crippen MR) is 73.3 cm³/mol. The molecule has 1 aliphatic rings. The van der Waals surface area contributed by atoms with Crippen molar-refractivity contribution in [1.82, 2.24) is 0 Å². The summed E-state index contributed by atoms with van der Waals surface area (Å²) in [4.78, 5) is 14.0. The molecule has 18 heavy (non-hydrogen) atoms. The molecule has 98 valence electrons. The lowest BCUT2D eigenvalue weighted by Gasteiger charge is -2.32. The van der Waals surface area contributed by atoms with Gasteiger partial charge in [-0.05, 0) is 32.4 Å². The zero-order valence-electron chi connectivity index (χ0n) is 11.2. The van der Waals surface area contributed by atoms with E-state index in [1.807, 2.05) is 18.2 Å². The number of fused-ring (bicyclic) bond motifs is 1. The van der Waals surface area contributed by atoms with Gasteiger partial charge in [-0.2, -0.15) is 0 Å². The van der Waals surface area contributed by atoms with Crippen LogP contribution < -0.4 is 15.0 Å². The second-order valence-corrected chi connectivity index (χ2v) is 4.82. The predicted octanol–water partition coefficient (Wildman–Crippen LogP) is 2.64. The summed E-state index contributed by atoms with van der Waals surface area (Å²) in [5.41, 5.74) is 1.91. The van der Waals surface area contributed by atoms with Crippen LogP contribution in [0.5, 0.6) is 5.75 Å². The molecule has 4 heteroatoms. The highest BCUT2D eigenvalue weighted by Gasteiger charge is 2.19. The fraction of sp³-hybridized carbons (Fsp3) is 0.500. The van der Waals surface area contributed by atoms with Crippen molar-refractivity contribution in [3.63, 3.8) is 0 Å². The van der Waals surface area contributed by atoms with Gasteiger partial charge in [-0.25, -0.2) is 0 Å². The summed E-state index contributed by atoms with van der Waals surface area (Å²) < 4.78 is 5.21. The lowest BCUT2D eigenvalue weighted by molar-refractivity contribution is -0.116. The number of benzene rings is 1. The fourth-order valence-electron chi connectivity index (χ4n) is 2.27. The van der Waals surface area contributed by atoms with Crippen LogP contribution in [-0.4, -0.2) is 25.6 Å². The second-order valence-electron chi connectivity index (χ2n) is 4.82. The number of amides is 1. The van der Waals surface area contributed by atoms with Crippen LogP contribution in [0.1, 0.15) is 26.7 Å². The number of hydrogen-bond acceptors (Lipinski definition) is 3. The molecule has 0 fully saturated rings. The average Bonchev–Trinajstić information content (AvgIpc) is 2.32. The summed E-state index contributed by atoms with van der Waals surface area (Å²) >= 11 is 0. The van der Waals surface area contributed by atoms with E-state index in [2.05, 4.69) is 24.1 Å².